The first kappa shape index (κ1) is 25.2. The van der Waals surface area contributed by atoms with Crippen LogP contribution in [-0.4, -0.2) is 51.7 Å². The molecule has 5 aliphatic rings. The topological polar surface area (TPSA) is 105 Å². The molecule has 39 heavy (non-hydrogen) atoms. The number of nitrogens with zero attached hydrogens (tertiary/aromatic N) is 1. The predicted octanol–water partition coefficient (Wildman–Crippen LogP) is 4.77. The van der Waals surface area contributed by atoms with Gasteiger partial charge in [0.15, 0.2) is 17.7 Å². The molecule has 2 N–H and O–H groups in total. The summed E-state index contributed by atoms with van der Waals surface area (Å²) in [5.41, 5.74) is 1.83. The minimum absolute atomic E-state index is 0.173. The summed E-state index contributed by atoms with van der Waals surface area (Å²) >= 11 is 0. The fourth-order valence-corrected chi connectivity index (χ4v) is 8.95. The maximum atomic E-state index is 13.4. The third kappa shape index (κ3) is 2.83. The van der Waals surface area contributed by atoms with E-state index < -0.39 is 40.0 Å². The summed E-state index contributed by atoms with van der Waals surface area (Å²) in [6.07, 6.45) is 2.92. The number of aromatic amines is 1. The lowest BCUT2D eigenvalue weighted by Gasteiger charge is -2.67. The average molecular weight is 529 g/mol. The molecule has 1 spiro atoms. The summed E-state index contributed by atoms with van der Waals surface area (Å²) in [6, 6.07) is 8.05. The average Bonchev–Trinajstić information content (AvgIpc) is 3.46. The molecule has 3 aliphatic carbocycles. The number of aromatic nitrogens is 1. The Kier molecular flexibility index (Phi) is 4.85. The SMILES string of the molecule is C=C(C)CO[C@H]1C[C@H]2Cc3c([nH]c4ccc(C#N)cc34)[C@]2(C)[C@@]2(C)CCC34OC(C(=O)C=C3[C@]12O)C(C)(C)O4. The number of ketones is 1. The van der Waals surface area contributed by atoms with Crippen LogP contribution in [0.15, 0.2) is 42.0 Å². The maximum Gasteiger partial charge on any atom is 0.195 e. The first-order valence-electron chi connectivity index (χ1n) is 14.0. The van der Waals surface area contributed by atoms with Gasteiger partial charge in [-0.1, -0.05) is 26.0 Å². The fourth-order valence-electron chi connectivity index (χ4n) is 8.95. The van der Waals surface area contributed by atoms with Crippen molar-refractivity contribution in [3.8, 4) is 6.07 Å². The van der Waals surface area contributed by atoms with Gasteiger partial charge in [-0.15, -0.1) is 0 Å². The van der Waals surface area contributed by atoms with Gasteiger partial charge in [0.2, 0.25) is 0 Å². The Hall–Kier alpha value is -2.76. The quantitative estimate of drug-likeness (QED) is 0.557. The lowest BCUT2D eigenvalue weighted by molar-refractivity contribution is -0.279. The van der Waals surface area contributed by atoms with E-state index in [0.717, 1.165) is 28.6 Å². The Morgan fingerprint density at radius 2 is 2.05 bits per heavy atom. The number of ether oxygens (including phenoxy) is 3. The van der Waals surface area contributed by atoms with Crippen LogP contribution in [0.2, 0.25) is 0 Å². The molecule has 2 aliphatic heterocycles. The number of carbonyl (C=O) groups excluding carboxylic acids is 1. The molecule has 1 aromatic carbocycles. The lowest BCUT2D eigenvalue weighted by Crippen LogP contribution is -2.74. The van der Waals surface area contributed by atoms with Gasteiger partial charge in [-0.05, 0) is 75.8 Å². The van der Waals surface area contributed by atoms with Crippen LogP contribution in [0.5, 0.6) is 0 Å². The van der Waals surface area contributed by atoms with Gasteiger partial charge in [0.1, 0.15) is 11.2 Å². The molecule has 1 saturated heterocycles. The summed E-state index contributed by atoms with van der Waals surface area (Å²) in [4.78, 5) is 17.1. The van der Waals surface area contributed by atoms with Crippen molar-refractivity contribution in [3.63, 3.8) is 0 Å². The lowest BCUT2D eigenvalue weighted by atomic mass is 9.41. The Bertz CT molecular complexity index is 1550. The highest BCUT2D eigenvalue weighted by atomic mass is 16.8. The van der Waals surface area contributed by atoms with Crippen molar-refractivity contribution in [2.24, 2.45) is 11.3 Å². The Balaban J connectivity index is 1.45. The number of hydrogen-bond acceptors (Lipinski definition) is 6. The first-order chi connectivity index (χ1) is 18.3. The number of rotatable bonds is 3. The summed E-state index contributed by atoms with van der Waals surface area (Å²) in [5.74, 6) is -1.14. The van der Waals surface area contributed by atoms with Crippen LogP contribution in [0.25, 0.3) is 10.9 Å². The van der Waals surface area contributed by atoms with Crippen LogP contribution in [0.3, 0.4) is 0 Å². The summed E-state index contributed by atoms with van der Waals surface area (Å²) < 4.78 is 19.5. The third-order valence-corrected chi connectivity index (χ3v) is 11.0. The normalized spacial score (nSPS) is 41.3. The Morgan fingerprint density at radius 1 is 1.28 bits per heavy atom. The number of nitrogens with one attached hydrogen (secondary N) is 1. The number of benzene rings is 1. The fraction of sp³-hybridized carbons (Fsp3) is 0.562. The molecule has 204 valence electrons. The van der Waals surface area contributed by atoms with Crippen molar-refractivity contribution in [3.05, 3.63) is 58.8 Å². The van der Waals surface area contributed by atoms with Gasteiger partial charge in [0, 0.05) is 39.4 Å². The highest BCUT2D eigenvalue weighted by Crippen LogP contribution is 2.72. The van der Waals surface area contributed by atoms with Crippen LogP contribution < -0.4 is 0 Å². The molecule has 7 atom stereocenters. The van der Waals surface area contributed by atoms with E-state index in [1.54, 1.807) is 6.08 Å². The standard InChI is InChI=1S/C32H36N2O5/c1-17(2)16-37-25-13-19-12-21-20-11-18(15-33)7-8-22(20)34-26(21)30(19,6)29(5)9-10-31-24(32(25,29)36)14-23(35)27(38-31)28(3,4)39-31/h7-8,11,14,19,25,27,34,36H,1,9-10,12-13,16H2,2-6H3/t19-,25+,27?,29-,30-,31?,32+/m1/s1. The minimum atomic E-state index is -1.52. The summed E-state index contributed by atoms with van der Waals surface area (Å²) in [7, 11) is 0. The molecule has 2 aromatic rings. The molecule has 0 amide bonds. The van der Waals surface area contributed by atoms with Gasteiger partial charge in [-0.3, -0.25) is 4.79 Å². The Morgan fingerprint density at radius 3 is 2.77 bits per heavy atom. The van der Waals surface area contributed by atoms with Crippen LogP contribution in [-0.2, 0) is 30.8 Å². The second kappa shape index (κ2) is 7.50. The molecule has 7 nitrogen and oxygen atoms in total. The second-order valence-corrected chi connectivity index (χ2v) is 13.5. The zero-order valence-corrected chi connectivity index (χ0v) is 23.3. The van der Waals surface area contributed by atoms with Gasteiger partial charge < -0.3 is 24.3 Å². The van der Waals surface area contributed by atoms with E-state index in [9.17, 15) is 15.2 Å². The van der Waals surface area contributed by atoms with Crippen LogP contribution in [0, 0.1) is 22.7 Å². The molecule has 7 rings (SSSR count). The van der Waals surface area contributed by atoms with Crippen molar-refractivity contribution < 1.29 is 24.1 Å². The Labute approximate surface area is 228 Å². The third-order valence-electron chi connectivity index (χ3n) is 11.0. The summed E-state index contributed by atoms with van der Waals surface area (Å²) in [6.45, 7) is 14.4. The zero-order chi connectivity index (χ0) is 27.8. The van der Waals surface area contributed by atoms with Crippen molar-refractivity contribution >= 4 is 16.7 Å². The second-order valence-electron chi connectivity index (χ2n) is 13.5. The predicted molar refractivity (Wildman–Crippen MR) is 145 cm³/mol. The van der Waals surface area contributed by atoms with Gasteiger partial charge in [0.05, 0.1) is 24.3 Å². The smallest absolute Gasteiger partial charge is 0.195 e. The molecular weight excluding hydrogens is 492 g/mol. The van der Waals surface area contributed by atoms with E-state index in [1.165, 1.54) is 5.56 Å². The molecule has 2 saturated carbocycles. The number of aliphatic hydroxyl groups is 1. The largest absolute Gasteiger partial charge is 0.382 e. The van der Waals surface area contributed by atoms with Crippen molar-refractivity contribution in [2.75, 3.05) is 6.61 Å². The van der Waals surface area contributed by atoms with E-state index in [4.69, 9.17) is 14.2 Å². The van der Waals surface area contributed by atoms with Gasteiger partial charge in [0.25, 0.3) is 0 Å². The number of H-pyrrole nitrogens is 1. The zero-order valence-electron chi connectivity index (χ0n) is 23.3. The van der Waals surface area contributed by atoms with Gasteiger partial charge in [-0.2, -0.15) is 5.26 Å². The molecule has 3 heterocycles. The van der Waals surface area contributed by atoms with Crippen molar-refractivity contribution in [1.82, 2.24) is 4.98 Å². The number of carbonyl (C=O) groups is 1. The van der Waals surface area contributed by atoms with Crippen LogP contribution in [0.1, 0.15) is 70.7 Å². The highest BCUT2D eigenvalue weighted by Gasteiger charge is 2.78. The monoisotopic (exact) mass is 528 g/mol. The van der Waals surface area contributed by atoms with Gasteiger partial charge >= 0.3 is 0 Å². The number of nitriles is 1. The molecule has 1 aromatic heterocycles. The molecule has 7 heteroatoms. The van der Waals surface area contributed by atoms with Crippen LogP contribution >= 0.6 is 0 Å². The molecule has 3 fully saturated rings. The first-order valence-corrected chi connectivity index (χ1v) is 14.0. The molecule has 2 bridgehead atoms. The molecule has 0 radical (unpaired) electrons. The number of hydrogen-bond donors (Lipinski definition) is 2. The van der Waals surface area contributed by atoms with E-state index >= 15 is 0 Å². The summed E-state index contributed by atoms with van der Waals surface area (Å²) in [5, 5.41) is 23.8. The maximum absolute atomic E-state index is 13.4. The van der Waals surface area contributed by atoms with Crippen molar-refractivity contribution in [2.45, 2.75) is 94.9 Å². The molecular formula is C32H36N2O5. The van der Waals surface area contributed by atoms with Crippen molar-refractivity contribution in [1.29, 1.82) is 5.26 Å². The van der Waals surface area contributed by atoms with E-state index in [0.29, 0.717) is 37.0 Å². The van der Waals surface area contributed by atoms with E-state index in [2.05, 4.69) is 31.5 Å². The number of fused-ring (bicyclic) bond motifs is 9. The molecule has 2 unspecified atom stereocenters. The van der Waals surface area contributed by atoms with E-state index in [-0.39, 0.29) is 11.7 Å². The minimum Gasteiger partial charge on any atom is -0.382 e. The van der Waals surface area contributed by atoms with E-state index in [1.807, 2.05) is 39.0 Å². The highest BCUT2D eigenvalue weighted by molar-refractivity contribution is 5.97. The van der Waals surface area contributed by atoms with Crippen LogP contribution in [0.4, 0.5) is 0 Å². The van der Waals surface area contributed by atoms with Gasteiger partial charge in [-0.25, -0.2) is 0 Å².